The number of carboxylic acids is 1. The number of phenolic OH excluding ortho intramolecular Hbond substituents is 2. The molecule has 0 aromatic heterocycles. The van der Waals surface area contributed by atoms with Crippen molar-refractivity contribution in [2.24, 2.45) is 0 Å². The van der Waals surface area contributed by atoms with Crippen molar-refractivity contribution >= 4 is 28.6 Å². The fourth-order valence-corrected chi connectivity index (χ4v) is 5.89. The second-order valence-electron chi connectivity index (χ2n) is 10.9. The third-order valence-corrected chi connectivity index (χ3v) is 7.97. The van der Waals surface area contributed by atoms with Crippen LogP contribution in [0.25, 0.3) is 33.0 Å². The molecule has 3 N–H and O–H groups in total. The highest BCUT2D eigenvalue weighted by Gasteiger charge is 2.41. The molecular formula is C35H35NO6. The van der Waals surface area contributed by atoms with Crippen LogP contribution in [0.4, 0.5) is 0 Å². The normalized spacial score (nSPS) is 12.7. The lowest BCUT2D eigenvalue weighted by molar-refractivity contribution is -0.137. The number of hydrogen-bond donors (Lipinski definition) is 3. The van der Waals surface area contributed by atoms with Crippen molar-refractivity contribution in [3.63, 3.8) is 0 Å². The van der Waals surface area contributed by atoms with E-state index in [1.54, 1.807) is 48.5 Å². The summed E-state index contributed by atoms with van der Waals surface area (Å²) in [5.74, 6) is -1.15. The predicted octanol–water partition coefficient (Wildman–Crippen LogP) is 7.78. The van der Waals surface area contributed by atoms with Gasteiger partial charge in [0.05, 0.1) is 11.1 Å². The summed E-state index contributed by atoms with van der Waals surface area (Å²) in [4.78, 5) is 40.1. The lowest BCUT2D eigenvalue weighted by Gasteiger charge is -2.17. The number of unbranched alkanes of at least 4 members (excludes halogenated alkanes) is 7. The average Bonchev–Trinajstić information content (AvgIpc) is 3.22. The van der Waals surface area contributed by atoms with Crippen molar-refractivity contribution in [2.75, 3.05) is 6.54 Å². The van der Waals surface area contributed by atoms with Crippen molar-refractivity contribution in [3.8, 4) is 33.8 Å². The van der Waals surface area contributed by atoms with Gasteiger partial charge in [-0.05, 0) is 59.0 Å². The highest BCUT2D eigenvalue weighted by molar-refractivity contribution is 6.31. The zero-order valence-electron chi connectivity index (χ0n) is 23.5. The number of carbonyl (C=O) groups is 3. The Morgan fingerprint density at radius 2 is 0.952 bits per heavy atom. The van der Waals surface area contributed by atoms with Crippen molar-refractivity contribution < 1.29 is 29.7 Å². The van der Waals surface area contributed by atoms with Crippen LogP contribution in [0, 0.1) is 0 Å². The summed E-state index contributed by atoms with van der Waals surface area (Å²) in [6.07, 6.45) is 7.53. The molecule has 1 aliphatic rings. The van der Waals surface area contributed by atoms with Gasteiger partial charge in [0.15, 0.2) is 0 Å². The van der Waals surface area contributed by atoms with Crippen LogP contribution in [0.15, 0.2) is 72.8 Å². The Balaban J connectivity index is 1.43. The van der Waals surface area contributed by atoms with Crippen LogP contribution in [0.3, 0.4) is 0 Å². The number of benzene rings is 4. The molecule has 0 atom stereocenters. The Labute approximate surface area is 245 Å². The first-order valence-corrected chi connectivity index (χ1v) is 14.6. The Bertz CT molecular complexity index is 1500. The number of carboxylic acid groups (broad SMARTS) is 1. The van der Waals surface area contributed by atoms with E-state index in [0.29, 0.717) is 41.6 Å². The smallest absolute Gasteiger partial charge is 0.303 e. The van der Waals surface area contributed by atoms with Crippen LogP contribution in [0.5, 0.6) is 11.5 Å². The Hall–Kier alpha value is -4.65. The molecule has 5 rings (SSSR count). The van der Waals surface area contributed by atoms with Crippen molar-refractivity contribution in [2.45, 2.75) is 57.8 Å². The van der Waals surface area contributed by atoms with E-state index in [2.05, 4.69) is 0 Å². The summed E-state index contributed by atoms with van der Waals surface area (Å²) in [7, 11) is 0. The molecule has 4 aromatic carbocycles. The van der Waals surface area contributed by atoms with E-state index in [4.69, 9.17) is 5.11 Å². The number of amides is 2. The summed E-state index contributed by atoms with van der Waals surface area (Å²) >= 11 is 0. The Morgan fingerprint density at radius 1 is 0.548 bits per heavy atom. The maximum atomic E-state index is 14.0. The molecule has 0 unspecified atom stereocenters. The van der Waals surface area contributed by atoms with Gasteiger partial charge in [0.2, 0.25) is 0 Å². The summed E-state index contributed by atoms with van der Waals surface area (Å²) in [6.45, 7) is 0.325. The molecule has 7 heteroatoms. The zero-order valence-corrected chi connectivity index (χ0v) is 23.5. The van der Waals surface area contributed by atoms with E-state index in [0.717, 1.165) is 60.4 Å². The fourth-order valence-electron chi connectivity index (χ4n) is 5.89. The zero-order chi connectivity index (χ0) is 29.6. The first kappa shape index (κ1) is 28.9. The van der Waals surface area contributed by atoms with Crippen LogP contribution in [0.2, 0.25) is 0 Å². The van der Waals surface area contributed by atoms with Crippen LogP contribution >= 0.6 is 0 Å². The third kappa shape index (κ3) is 6.00. The number of imide groups is 1. The van der Waals surface area contributed by atoms with Crippen LogP contribution in [-0.4, -0.2) is 44.5 Å². The first-order valence-electron chi connectivity index (χ1n) is 14.6. The number of hydrogen-bond acceptors (Lipinski definition) is 5. The molecule has 42 heavy (non-hydrogen) atoms. The highest BCUT2D eigenvalue weighted by Crippen LogP contribution is 2.46. The van der Waals surface area contributed by atoms with Crippen LogP contribution in [0.1, 0.15) is 78.5 Å². The monoisotopic (exact) mass is 565 g/mol. The third-order valence-electron chi connectivity index (χ3n) is 7.97. The van der Waals surface area contributed by atoms with Gasteiger partial charge in [-0.25, -0.2) is 0 Å². The number of fused-ring (bicyclic) bond motifs is 2. The average molecular weight is 566 g/mol. The number of phenols is 2. The topological polar surface area (TPSA) is 115 Å². The number of aliphatic carboxylic acids is 1. The van der Waals surface area contributed by atoms with Gasteiger partial charge in [0.25, 0.3) is 11.8 Å². The molecule has 1 heterocycles. The minimum atomic E-state index is -0.748. The van der Waals surface area contributed by atoms with Gasteiger partial charge >= 0.3 is 5.97 Å². The van der Waals surface area contributed by atoms with Gasteiger partial charge in [-0.3, -0.25) is 19.3 Å². The SMILES string of the molecule is O=C(O)CCCCCCCCCCN1C(=O)c2c(c(-c3ccc(O)cc3)c3ccccc3c2-c2ccc(O)cc2)C1=O. The highest BCUT2D eigenvalue weighted by atomic mass is 16.4. The van der Waals surface area contributed by atoms with E-state index in [1.165, 1.54) is 4.90 Å². The lowest BCUT2D eigenvalue weighted by Crippen LogP contribution is -2.30. The molecule has 216 valence electrons. The number of rotatable bonds is 13. The molecule has 0 spiro atoms. The summed E-state index contributed by atoms with van der Waals surface area (Å²) < 4.78 is 0. The van der Waals surface area contributed by atoms with Crippen LogP contribution in [-0.2, 0) is 4.79 Å². The van der Waals surface area contributed by atoms with Crippen LogP contribution < -0.4 is 0 Å². The van der Waals surface area contributed by atoms with E-state index in [-0.39, 0.29) is 29.7 Å². The van der Waals surface area contributed by atoms with Gasteiger partial charge in [0.1, 0.15) is 11.5 Å². The maximum Gasteiger partial charge on any atom is 0.303 e. The van der Waals surface area contributed by atoms with Gasteiger partial charge < -0.3 is 15.3 Å². The van der Waals surface area contributed by atoms with E-state index >= 15 is 0 Å². The van der Waals surface area contributed by atoms with E-state index < -0.39 is 5.97 Å². The minimum absolute atomic E-state index is 0.115. The van der Waals surface area contributed by atoms with Gasteiger partial charge in [0, 0.05) is 24.1 Å². The van der Waals surface area contributed by atoms with E-state index in [1.807, 2.05) is 24.3 Å². The van der Waals surface area contributed by atoms with E-state index in [9.17, 15) is 24.6 Å². The molecule has 4 aromatic rings. The first-order chi connectivity index (χ1) is 20.4. The molecule has 1 aliphatic heterocycles. The van der Waals surface area contributed by atoms with Crippen molar-refractivity contribution in [1.82, 2.24) is 4.90 Å². The summed E-state index contributed by atoms with van der Waals surface area (Å²) in [5.41, 5.74) is 3.56. The molecule has 0 radical (unpaired) electrons. The number of aromatic hydroxyl groups is 2. The molecule has 0 bridgehead atoms. The largest absolute Gasteiger partial charge is 0.508 e. The quantitative estimate of drug-likeness (QED) is 0.113. The number of carbonyl (C=O) groups excluding carboxylic acids is 2. The second-order valence-corrected chi connectivity index (χ2v) is 10.9. The Kier molecular flexibility index (Phi) is 8.86. The van der Waals surface area contributed by atoms with Crippen molar-refractivity contribution in [3.05, 3.63) is 83.9 Å². The van der Waals surface area contributed by atoms with Crippen molar-refractivity contribution in [1.29, 1.82) is 0 Å². The molecule has 0 fully saturated rings. The second kappa shape index (κ2) is 12.9. The minimum Gasteiger partial charge on any atom is -0.508 e. The molecule has 0 aliphatic carbocycles. The summed E-state index contributed by atoms with van der Waals surface area (Å²) in [6, 6.07) is 21.1. The predicted molar refractivity (Wildman–Crippen MR) is 163 cm³/mol. The molecule has 0 saturated carbocycles. The Morgan fingerprint density at radius 3 is 1.38 bits per heavy atom. The molecule has 2 amide bonds. The molecular weight excluding hydrogens is 530 g/mol. The lowest BCUT2D eigenvalue weighted by atomic mass is 9.84. The summed E-state index contributed by atoms with van der Waals surface area (Å²) in [5, 5.41) is 30.2. The van der Waals surface area contributed by atoms with Gasteiger partial charge in [-0.1, -0.05) is 87.1 Å². The molecule has 0 saturated heterocycles. The maximum absolute atomic E-state index is 14.0. The number of nitrogens with zero attached hydrogens (tertiary/aromatic N) is 1. The standard InChI is InChI=1S/C35H35NO6/c37-25-18-14-23(15-19-25)30-27-11-8-9-12-28(27)31(24-16-20-26(38)21-17-24)33-32(30)34(41)36(35(33)42)22-10-6-4-2-1-3-5-7-13-29(39)40/h8-9,11-12,14-21,37-38H,1-7,10,13,22H2,(H,39,40). The fraction of sp³-hybridized carbons (Fsp3) is 0.286. The van der Waals surface area contributed by atoms with Gasteiger partial charge in [-0.2, -0.15) is 0 Å². The van der Waals surface area contributed by atoms with Gasteiger partial charge in [-0.15, -0.1) is 0 Å². The molecule has 7 nitrogen and oxygen atoms in total.